The van der Waals surface area contributed by atoms with Crippen LogP contribution in [0.2, 0.25) is 0 Å². The maximum atomic E-state index is 13.7. The van der Waals surface area contributed by atoms with E-state index in [0.717, 1.165) is 16.0 Å². The van der Waals surface area contributed by atoms with E-state index in [-0.39, 0.29) is 47.9 Å². The Labute approximate surface area is 274 Å². The molecule has 0 unspecified atom stereocenters. The first kappa shape index (κ1) is 36.3. The van der Waals surface area contributed by atoms with E-state index in [1.807, 2.05) is 31.2 Å². The summed E-state index contributed by atoms with van der Waals surface area (Å²) in [5.74, 6) is -0.242. The van der Waals surface area contributed by atoms with E-state index < -0.39 is 35.1 Å². The summed E-state index contributed by atoms with van der Waals surface area (Å²) >= 11 is 6.33. The molecular formula is C33H43ClN4O8. The van der Waals surface area contributed by atoms with Crippen molar-refractivity contribution >= 4 is 52.6 Å². The van der Waals surface area contributed by atoms with Crippen LogP contribution >= 0.6 is 11.6 Å². The smallest absolute Gasteiger partial charge is 0.443 e. The third kappa shape index (κ3) is 9.20. The van der Waals surface area contributed by atoms with E-state index in [2.05, 4.69) is 9.97 Å². The average molecular weight is 659 g/mol. The van der Waals surface area contributed by atoms with E-state index in [0.29, 0.717) is 11.1 Å². The highest BCUT2D eigenvalue weighted by molar-refractivity contribution is 6.28. The van der Waals surface area contributed by atoms with Gasteiger partial charge >= 0.3 is 18.3 Å². The number of hydrogen-bond donors (Lipinski definition) is 1. The normalized spacial score (nSPS) is 12.6. The highest BCUT2D eigenvalue weighted by Crippen LogP contribution is 2.43. The summed E-state index contributed by atoms with van der Waals surface area (Å²) in [6.45, 7) is 17.0. The average Bonchev–Trinajstić information content (AvgIpc) is 3.22. The molecule has 0 spiro atoms. The van der Waals surface area contributed by atoms with Crippen LogP contribution in [0, 0.1) is 6.92 Å². The zero-order valence-electron chi connectivity index (χ0n) is 28.1. The largest absolute Gasteiger partial charge is 0.514 e. The highest BCUT2D eigenvalue weighted by atomic mass is 35.5. The number of anilines is 1. The van der Waals surface area contributed by atoms with Crippen molar-refractivity contribution in [3.8, 4) is 11.1 Å². The summed E-state index contributed by atoms with van der Waals surface area (Å²) in [6.07, 6.45) is -1.61. The van der Waals surface area contributed by atoms with Crippen molar-refractivity contribution in [2.24, 2.45) is 0 Å². The van der Waals surface area contributed by atoms with Crippen molar-refractivity contribution in [2.75, 3.05) is 11.5 Å². The van der Waals surface area contributed by atoms with E-state index in [9.17, 15) is 19.5 Å². The third-order valence-corrected chi connectivity index (χ3v) is 6.18. The number of carbonyl (C=O) groups is 3. The van der Waals surface area contributed by atoms with E-state index in [4.69, 9.17) is 30.5 Å². The number of aromatic nitrogens is 3. The summed E-state index contributed by atoms with van der Waals surface area (Å²) in [7, 11) is 0. The summed E-state index contributed by atoms with van der Waals surface area (Å²) in [4.78, 5) is 50.0. The van der Waals surface area contributed by atoms with Crippen LogP contribution in [0.15, 0.2) is 36.1 Å². The Hall–Kier alpha value is -4.16. The summed E-state index contributed by atoms with van der Waals surface area (Å²) < 4.78 is 24.0. The minimum atomic E-state index is -1.03. The van der Waals surface area contributed by atoms with Gasteiger partial charge in [-0.3, -0.25) is 0 Å². The minimum Gasteiger partial charge on any atom is -0.443 e. The molecule has 1 aromatic carbocycles. The van der Waals surface area contributed by atoms with Crippen molar-refractivity contribution < 1.29 is 38.4 Å². The fraction of sp³-hybridized carbons (Fsp3) is 0.485. The zero-order chi connectivity index (χ0) is 34.6. The second kappa shape index (κ2) is 14.1. The lowest BCUT2D eigenvalue weighted by molar-refractivity contribution is 0.0146. The maximum Gasteiger partial charge on any atom is 0.514 e. The SMILES string of the molecule is Cc1ccc(-c2c(C(=CCl)OC(=O)OC(C)(C)C)n(CCCO)c3ncnc(N(C(=O)OC(C)(C)C)C(=O)OC(C)(C)C)c23)cc1. The molecule has 2 amide bonds. The molecule has 0 atom stereocenters. The van der Waals surface area contributed by atoms with Crippen LogP contribution in [-0.4, -0.2) is 61.4 Å². The molecule has 3 aromatic rings. The van der Waals surface area contributed by atoms with Crippen LogP contribution in [0.4, 0.5) is 20.2 Å². The molecule has 0 radical (unpaired) electrons. The summed E-state index contributed by atoms with van der Waals surface area (Å²) in [5, 5.41) is 10.0. The van der Waals surface area contributed by atoms with Crippen LogP contribution in [0.1, 0.15) is 80.0 Å². The Morgan fingerprint density at radius 3 is 1.91 bits per heavy atom. The summed E-state index contributed by atoms with van der Waals surface area (Å²) in [6, 6.07) is 7.40. The van der Waals surface area contributed by atoms with Crippen LogP contribution in [-0.2, 0) is 25.5 Å². The maximum absolute atomic E-state index is 13.7. The van der Waals surface area contributed by atoms with Gasteiger partial charge in [0.05, 0.1) is 11.1 Å². The van der Waals surface area contributed by atoms with Crippen molar-refractivity contribution in [2.45, 2.75) is 99.0 Å². The van der Waals surface area contributed by atoms with Crippen LogP contribution in [0.25, 0.3) is 27.9 Å². The van der Waals surface area contributed by atoms with Gasteiger partial charge in [0, 0.05) is 24.3 Å². The molecule has 0 bridgehead atoms. The molecule has 12 nitrogen and oxygen atoms in total. The van der Waals surface area contributed by atoms with Crippen molar-refractivity contribution in [1.82, 2.24) is 14.5 Å². The van der Waals surface area contributed by atoms with Gasteiger partial charge in [0.25, 0.3) is 0 Å². The minimum absolute atomic E-state index is 0.102. The van der Waals surface area contributed by atoms with Crippen molar-refractivity contribution in [3.63, 3.8) is 0 Å². The van der Waals surface area contributed by atoms with Gasteiger partial charge in [-0.15, -0.1) is 0 Å². The number of aryl methyl sites for hydroxylation is 2. The lowest BCUT2D eigenvalue weighted by Gasteiger charge is -2.28. The first-order chi connectivity index (χ1) is 21.3. The molecule has 0 aliphatic rings. The second-order valence-electron chi connectivity index (χ2n) is 13.6. The number of hydrogen-bond acceptors (Lipinski definition) is 10. The second-order valence-corrected chi connectivity index (χ2v) is 13.8. The lowest BCUT2D eigenvalue weighted by Crippen LogP contribution is -2.44. The molecule has 0 saturated heterocycles. The van der Waals surface area contributed by atoms with Gasteiger partial charge in [-0.25, -0.2) is 24.4 Å². The van der Waals surface area contributed by atoms with Gasteiger partial charge < -0.3 is 28.6 Å². The molecule has 0 fully saturated rings. The molecule has 46 heavy (non-hydrogen) atoms. The standard InChI is InChI=1S/C33H43ClN4O8/c1-20-12-14-21(15-13-20)23-24-26(37(16-11-17-39)25(23)22(18-34)43-30(42)46-33(8,9)10)35-19-36-27(24)38(28(40)44-31(2,3)4)29(41)45-32(5,6)7/h12-15,18-19,39H,11,16-17H2,1-10H3. The number of ether oxygens (including phenoxy) is 4. The number of rotatable bonds is 7. The highest BCUT2D eigenvalue weighted by Gasteiger charge is 2.38. The Morgan fingerprint density at radius 1 is 0.891 bits per heavy atom. The summed E-state index contributed by atoms with van der Waals surface area (Å²) in [5.41, 5.74) is 0.739. The third-order valence-electron chi connectivity index (χ3n) is 5.98. The molecule has 0 aliphatic heterocycles. The number of benzene rings is 1. The van der Waals surface area contributed by atoms with Gasteiger partial charge in [-0.05, 0) is 81.2 Å². The van der Waals surface area contributed by atoms with Crippen molar-refractivity contribution in [3.05, 3.63) is 47.4 Å². The monoisotopic (exact) mass is 658 g/mol. The number of amides is 2. The number of aliphatic hydroxyl groups is 1. The molecule has 2 aromatic heterocycles. The van der Waals surface area contributed by atoms with Gasteiger partial charge in [-0.1, -0.05) is 41.4 Å². The Morgan fingerprint density at radius 2 is 1.43 bits per heavy atom. The van der Waals surface area contributed by atoms with Crippen molar-refractivity contribution in [1.29, 1.82) is 0 Å². The predicted molar refractivity (Wildman–Crippen MR) is 175 cm³/mol. The van der Waals surface area contributed by atoms with Crippen LogP contribution in [0.5, 0.6) is 0 Å². The fourth-order valence-corrected chi connectivity index (χ4v) is 4.52. The fourth-order valence-electron chi connectivity index (χ4n) is 4.37. The molecule has 0 aliphatic carbocycles. The number of aliphatic hydroxyl groups excluding tert-OH is 1. The van der Waals surface area contributed by atoms with Crippen LogP contribution < -0.4 is 4.90 Å². The number of fused-ring (bicyclic) bond motifs is 1. The molecule has 250 valence electrons. The van der Waals surface area contributed by atoms with Crippen LogP contribution in [0.3, 0.4) is 0 Å². The molecule has 2 heterocycles. The molecule has 1 N–H and O–H groups in total. The van der Waals surface area contributed by atoms with Gasteiger partial charge in [0.1, 0.15) is 28.8 Å². The Balaban J connectivity index is 2.50. The van der Waals surface area contributed by atoms with E-state index >= 15 is 0 Å². The van der Waals surface area contributed by atoms with Gasteiger partial charge in [0.2, 0.25) is 0 Å². The first-order valence-electron chi connectivity index (χ1n) is 14.8. The Bertz CT molecular complexity index is 1580. The lowest BCUT2D eigenvalue weighted by atomic mass is 10.0. The van der Waals surface area contributed by atoms with E-state index in [1.54, 1.807) is 66.9 Å². The number of nitrogens with zero attached hydrogens (tertiary/aromatic N) is 4. The topological polar surface area (TPSA) is 142 Å². The zero-order valence-corrected chi connectivity index (χ0v) is 28.8. The Kier molecular flexibility index (Phi) is 11.1. The molecular weight excluding hydrogens is 616 g/mol. The van der Waals surface area contributed by atoms with Gasteiger partial charge in [0.15, 0.2) is 11.6 Å². The molecule has 3 rings (SSSR count). The number of imide groups is 1. The quantitative estimate of drug-likeness (QED) is 0.151. The van der Waals surface area contributed by atoms with E-state index in [1.165, 1.54) is 6.33 Å². The predicted octanol–water partition coefficient (Wildman–Crippen LogP) is 7.95. The number of halogens is 1. The van der Waals surface area contributed by atoms with Gasteiger partial charge in [-0.2, -0.15) is 4.90 Å². The molecule has 13 heteroatoms. The number of carbonyl (C=O) groups excluding carboxylic acids is 3. The first-order valence-corrected chi connectivity index (χ1v) is 15.2. The molecule has 0 saturated carbocycles.